The number of hydrogen-bond donors (Lipinski definition) is 3. The lowest BCUT2D eigenvalue weighted by Gasteiger charge is -2.06. The minimum absolute atomic E-state index is 0.0223. The van der Waals surface area contributed by atoms with Crippen LogP contribution in [0.5, 0.6) is 0 Å². The highest BCUT2D eigenvalue weighted by Gasteiger charge is 1.97. The highest BCUT2D eigenvalue weighted by molar-refractivity contribution is 5.80. The number of rotatable bonds is 3. The summed E-state index contributed by atoms with van der Waals surface area (Å²) in [4.78, 5) is 14.7. The molecule has 0 aromatic heterocycles. The van der Waals surface area contributed by atoms with E-state index in [1.165, 1.54) is 0 Å². The molecule has 0 rings (SSSR count). The third kappa shape index (κ3) is 4.54. The molecule has 0 saturated heterocycles. The van der Waals surface area contributed by atoms with Crippen LogP contribution in [-0.2, 0) is 4.79 Å². The van der Waals surface area contributed by atoms with Crippen LogP contribution >= 0.6 is 0 Å². The standard InChI is InChI=1S/C7H16N4O/c1-8-6(12)4-5-11-7(9-2)10-3/h4-5H2,1-3H3,(H,8,12)(H2,9,10,11). The zero-order valence-electron chi connectivity index (χ0n) is 7.77. The molecule has 0 spiro atoms. The quantitative estimate of drug-likeness (QED) is 0.374. The normalized spacial score (nSPS) is 10.8. The SMILES string of the molecule is CN=C(NC)NCCC(=O)NC. The van der Waals surface area contributed by atoms with Crippen LogP contribution in [0.25, 0.3) is 0 Å². The summed E-state index contributed by atoms with van der Waals surface area (Å²) in [5, 5.41) is 8.35. The zero-order valence-corrected chi connectivity index (χ0v) is 7.77. The molecule has 5 heteroatoms. The minimum Gasteiger partial charge on any atom is -0.359 e. The van der Waals surface area contributed by atoms with Gasteiger partial charge in [-0.3, -0.25) is 9.79 Å². The lowest BCUT2D eigenvalue weighted by molar-refractivity contribution is -0.120. The van der Waals surface area contributed by atoms with Crippen molar-refractivity contribution in [1.82, 2.24) is 16.0 Å². The average molecular weight is 172 g/mol. The largest absolute Gasteiger partial charge is 0.359 e. The molecule has 0 saturated carbocycles. The summed E-state index contributed by atoms with van der Waals surface area (Å²) >= 11 is 0. The van der Waals surface area contributed by atoms with Crippen molar-refractivity contribution in [2.75, 3.05) is 27.7 Å². The summed E-state index contributed by atoms with van der Waals surface area (Å²) in [6.45, 7) is 0.590. The van der Waals surface area contributed by atoms with Gasteiger partial charge in [0.1, 0.15) is 0 Å². The Labute approximate surface area is 72.6 Å². The van der Waals surface area contributed by atoms with Gasteiger partial charge in [0.15, 0.2) is 5.96 Å². The molecule has 0 bridgehead atoms. The van der Waals surface area contributed by atoms with Crippen molar-refractivity contribution >= 4 is 11.9 Å². The van der Waals surface area contributed by atoms with E-state index in [1.54, 1.807) is 21.1 Å². The Morgan fingerprint density at radius 2 is 2.00 bits per heavy atom. The highest BCUT2D eigenvalue weighted by atomic mass is 16.1. The van der Waals surface area contributed by atoms with Gasteiger partial charge < -0.3 is 16.0 Å². The van der Waals surface area contributed by atoms with Gasteiger partial charge in [0.25, 0.3) is 0 Å². The smallest absolute Gasteiger partial charge is 0.221 e. The van der Waals surface area contributed by atoms with Gasteiger partial charge in [-0.15, -0.1) is 0 Å². The number of hydrogen-bond acceptors (Lipinski definition) is 2. The summed E-state index contributed by atoms with van der Waals surface area (Å²) in [6.07, 6.45) is 0.456. The third-order valence-corrected chi connectivity index (χ3v) is 1.38. The fourth-order valence-corrected chi connectivity index (χ4v) is 0.699. The Bertz CT molecular complexity index is 167. The van der Waals surface area contributed by atoms with Crippen LogP contribution in [0, 0.1) is 0 Å². The van der Waals surface area contributed by atoms with Crippen molar-refractivity contribution in [3.63, 3.8) is 0 Å². The van der Waals surface area contributed by atoms with E-state index in [0.717, 1.165) is 0 Å². The van der Waals surface area contributed by atoms with E-state index in [1.807, 2.05) is 0 Å². The van der Waals surface area contributed by atoms with Crippen LogP contribution in [0.4, 0.5) is 0 Å². The first-order valence-corrected chi connectivity index (χ1v) is 3.83. The maximum Gasteiger partial charge on any atom is 0.221 e. The van der Waals surface area contributed by atoms with Crippen LogP contribution in [-0.4, -0.2) is 39.6 Å². The maximum absolute atomic E-state index is 10.8. The van der Waals surface area contributed by atoms with Gasteiger partial charge in [-0.05, 0) is 0 Å². The Balaban J connectivity index is 3.48. The Morgan fingerprint density at radius 1 is 1.33 bits per heavy atom. The third-order valence-electron chi connectivity index (χ3n) is 1.38. The molecule has 0 radical (unpaired) electrons. The molecule has 0 aromatic rings. The first kappa shape index (κ1) is 10.7. The summed E-state index contributed by atoms with van der Waals surface area (Å²) in [7, 11) is 5.07. The molecular weight excluding hydrogens is 156 g/mol. The molecule has 5 nitrogen and oxygen atoms in total. The topological polar surface area (TPSA) is 65.5 Å². The number of amides is 1. The molecule has 0 aliphatic heterocycles. The van der Waals surface area contributed by atoms with Crippen molar-refractivity contribution in [3.8, 4) is 0 Å². The van der Waals surface area contributed by atoms with E-state index < -0.39 is 0 Å². The van der Waals surface area contributed by atoms with Gasteiger partial charge in [0, 0.05) is 34.1 Å². The minimum atomic E-state index is 0.0223. The first-order valence-electron chi connectivity index (χ1n) is 3.83. The monoisotopic (exact) mass is 172 g/mol. The van der Waals surface area contributed by atoms with Gasteiger partial charge in [-0.1, -0.05) is 0 Å². The van der Waals surface area contributed by atoms with Crippen LogP contribution < -0.4 is 16.0 Å². The number of guanidine groups is 1. The van der Waals surface area contributed by atoms with Gasteiger partial charge in [-0.2, -0.15) is 0 Å². The predicted octanol–water partition coefficient (Wildman–Crippen LogP) is -1.08. The molecule has 70 valence electrons. The molecule has 0 heterocycles. The number of nitrogens with zero attached hydrogens (tertiary/aromatic N) is 1. The molecule has 0 unspecified atom stereocenters. The molecule has 3 N–H and O–H groups in total. The van der Waals surface area contributed by atoms with Crippen molar-refractivity contribution in [2.45, 2.75) is 6.42 Å². The predicted molar refractivity (Wildman–Crippen MR) is 49.1 cm³/mol. The van der Waals surface area contributed by atoms with E-state index in [9.17, 15) is 4.79 Å². The Kier molecular flexibility index (Phi) is 5.77. The van der Waals surface area contributed by atoms with Crippen LogP contribution in [0.3, 0.4) is 0 Å². The second-order valence-electron chi connectivity index (χ2n) is 2.17. The molecule has 12 heavy (non-hydrogen) atoms. The highest BCUT2D eigenvalue weighted by Crippen LogP contribution is 1.75. The van der Waals surface area contributed by atoms with E-state index in [2.05, 4.69) is 20.9 Å². The first-order chi connectivity index (χ1) is 5.74. The fourth-order valence-electron chi connectivity index (χ4n) is 0.699. The second kappa shape index (κ2) is 6.45. The molecular formula is C7H16N4O. The number of carbonyl (C=O) groups is 1. The Morgan fingerprint density at radius 3 is 2.42 bits per heavy atom. The van der Waals surface area contributed by atoms with E-state index in [-0.39, 0.29) is 5.91 Å². The fraction of sp³-hybridized carbons (Fsp3) is 0.714. The molecule has 0 aliphatic carbocycles. The summed E-state index contributed by atoms with van der Waals surface area (Å²) in [6, 6.07) is 0. The molecule has 0 aliphatic rings. The lowest BCUT2D eigenvalue weighted by atomic mass is 10.4. The summed E-state index contributed by atoms with van der Waals surface area (Å²) < 4.78 is 0. The average Bonchev–Trinajstić information content (AvgIpc) is 2.12. The van der Waals surface area contributed by atoms with Crippen molar-refractivity contribution in [3.05, 3.63) is 0 Å². The second-order valence-corrected chi connectivity index (χ2v) is 2.17. The number of aliphatic imine (C=N–C) groups is 1. The van der Waals surface area contributed by atoms with E-state index >= 15 is 0 Å². The molecule has 0 aromatic carbocycles. The number of carbonyl (C=O) groups excluding carboxylic acids is 1. The van der Waals surface area contributed by atoms with Gasteiger partial charge >= 0.3 is 0 Å². The van der Waals surface area contributed by atoms with Crippen LogP contribution in [0.2, 0.25) is 0 Å². The zero-order chi connectivity index (χ0) is 9.40. The summed E-state index contributed by atoms with van der Waals surface area (Å²) in [5.41, 5.74) is 0. The van der Waals surface area contributed by atoms with Crippen molar-refractivity contribution < 1.29 is 4.79 Å². The number of nitrogens with one attached hydrogen (secondary N) is 3. The van der Waals surface area contributed by atoms with E-state index in [0.29, 0.717) is 18.9 Å². The Hall–Kier alpha value is -1.26. The van der Waals surface area contributed by atoms with Gasteiger partial charge in [0.2, 0.25) is 5.91 Å². The van der Waals surface area contributed by atoms with Gasteiger partial charge in [-0.25, -0.2) is 0 Å². The summed E-state index contributed by atoms with van der Waals surface area (Å²) in [5.74, 6) is 0.716. The van der Waals surface area contributed by atoms with Crippen molar-refractivity contribution in [1.29, 1.82) is 0 Å². The van der Waals surface area contributed by atoms with Crippen LogP contribution in [0.15, 0.2) is 4.99 Å². The van der Waals surface area contributed by atoms with Crippen molar-refractivity contribution in [2.24, 2.45) is 4.99 Å². The van der Waals surface area contributed by atoms with Gasteiger partial charge in [0.05, 0.1) is 0 Å². The molecule has 0 fully saturated rings. The molecule has 0 atom stereocenters. The molecule has 1 amide bonds. The van der Waals surface area contributed by atoms with E-state index in [4.69, 9.17) is 0 Å². The maximum atomic E-state index is 10.8. The van der Waals surface area contributed by atoms with Crippen LogP contribution in [0.1, 0.15) is 6.42 Å². The lowest BCUT2D eigenvalue weighted by Crippen LogP contribution is -2.36.